The molecule has 0 atom stereocenters. The number of nitrogens with two attached hydrogens (primary N) is 1. The summed E-state index contributed by atoms with van der Waals surface area (Å²) in [5.74, 6) is -0.104. The summed E-state index contributed by atoms with van der Waals surface area (Å²) in [6.45, 7) is 0. The molecule has 0 radical (unpaired) electrons. The number of halogens is 2. The van der Waals surface area contributed by atoms with E-state index in [2.05, 4.69) is 0 Å². The molecule has 0 aromatic heterocycles. The standard InChI is InChI=1S/C13H9Cl2N3O3/c14-7-2-4-11(10(5-7)18(19)20)21-12-6-8(15)1-3-9(12)13(16)17/h1-6H,(H3,16,17). The average molecular weight is 326 g/mol. The zero-order valence-corrected chi connectivity index (χ0v) is 12.0. The predicted octanol–water partition coefficient (Wildman–Crippen LogP) is 3.98. The van der Waals surface area contributed by atoms with Gasteiger partial charge in [-0.3, -0.25) is 15.5 Å². The maximum atomic E-state index is 11.0. The molecule has 0 fully saturated rings. The first kappa shape index (κ1) is 15.1. The molecule has 2 rings (SSSR count). The largest absolute Gasteiger partial charge is 0.449 e. The Morgan fingerprint density at radius 1 is 1.14 bits per heavy atom. The molecule has 2 aromatic carbocycles. The summed E-state index contributed by atoms with van der Waals surface area (Å²) < 4.78 is 5.49. The van der Waals surface area contributed by atoms with Crippen LogP contribution < -0.4 is 10.5 Å². The highest BCUT2D eigenvalue weighted by atomic mass is 35.5. The Bertz CT molecular complexity index is 735. The molecule has 0 aliphatic rings. The second-order valence-electron chi connectivity index (χ2n) is 4.03. The molecule has 21 heavy (non-hydrogen) atoms. The van der Waals surface area contributed by atoms with Crippen LogP contribution in [0.2, 0.25) is 10.0 Å². The van der Waals surface area contributed by atoms with E-state index in [1.807, 2.05) is 0 Å². The third kappa shape index (κ3) is 3.42. The maximum Gasteiger partial charge on any atom is 0.313 e. The number of hydrogen-bond acceptors (Lipinski definition) is 4. The number of benzene rings is 2. The van der Waals surface area contributed by atoms with Gasteiger partial charge in [0.05, 0.1) is 10.5 Å². The van der Waals surface area contributed by atoms with Gasteiger partial charge in [-0.2, -0.15) is 0 Å². The molecule has 0 aliphatic carbocycles. The van der Waals surface area contributed by atoms with Gasteiger partial charge in [0.15, 0.2) is 0 Å². The number of nitro benzene ring substituents is 1. The molecule has 0 bridgehead atoms. The number of nitrogens with zero attached hydrogens (tertiary/aromatic N) is 1. The first-order valence-corrected chi connectivity index (χ1v) is 6.40. The van der Waals surface area contributed by atoms with Gasteiger partial charge in [0.1, 0.15) is 11.6 Å². The lowest BCUT2D eigenvalue weighted by atomic mass is 10.2. The van der Waals surface area contributed by atoms with Crippen molar-refractivity contribution >= 4 is 34.7 Å². The van der Waals surface area contributed by atoms with Crippen molar-refractivity contribution in [3.05, 3.63) is 62.1 Å². The molecular formula is C13H9Cl2N3O3. The smallest absolute Gasteiger partial charge is 0.313 e. The number of nitrogens with one attached hydrogen (secondary N) is 1. The van der Waals surface area contributed by atoms with Gasteiger partial charge in [0, 0.05) is 22.2 Å². The minimum atomic E-state index is -0.612. The monoisotopic (exact) mass is 325 g/mol. The first-order chi connectivity index (χ1) is 9.88. The van der Waals surface area contributed by atoms with Crippen molar-refractivity contribution in [1.29, 1.82) is 5.41 Å². The number of rotatable bonds is 4. The molecule has 0 saturated heterocycles. The summed E-state index contributed by atoms with van der Waals surface area (Å²) in [6, 6.07) is 8.47. The van der Waals surface area contributed by atoms with E-state index in [0.29, 0.717) is 5.02 Å². The van der Waals surface area contributed by atoms with Crippen LogP contribution in [0, 0.1) is 15.5 Å². The second kappa shape index (κ2) is 5.99. The SMILES string of the molecule is N=C(N)c1ccc(Cl)cc1Oc1ccc(Cl)cc1[N+](=O)[O-]. The molecule has 0 spiro atoms. The summed E-state index contributed by atoms with van der Waals surface area (Å²) in [6.07, 6.45) is 0. The highest BCUT2D eigenvalue weighted by Gasteiger charge is 2.18. The minimum Gasteiger partial charge on any atom is -0.449 e. The van der Waals surface area contributed by atoms with Crippen LogP contribution in [0.15, 0.2) is 36.4 Å². The Labute approximate surface area is 129 Å². The van der Waals surface area contributed by atoms with E-state index in [4.69, 9.17) is 39.1 Å². The van der Waals surface area contributed by atoms with Crippen LogP contribution in [0.1, 0.15) is 5.56 Å². The lowest BCUT2D eigenvalue weighted by molar-refractivity contribution is -0.385. The van der Waals surface area contributed by atoms with Crippen molar-refractivity contribution in [3.63, 3.8) is 0 Å². The van der Waals surface area contributed by atoms with Crippen LogP contribution in [-0.4, -0.2) is 10.8 Å². The average Bonchev–Trinajstić information content (AvgIpc) is 2.40. The summed E-state index contributed by atoms with van der Waals surface area (Å²) >= 11 is 11.6. The number of nitro groups is 1. The van der Waals surface area contributed by atoms with E-state index in [1.165, 1.54) is 30.3 Å². The van der Waals surface area contributed by atoms with Crippen molar-refractivity contribution in [3.8, 4) is 11.5 Å². The molecule has 0 heterocycles. The Kier molecular flexibility index (Phi) is 4.30. The van der Waals surface area contributed by atoms with E-state index < -0.39 is 4.92 Å². The molecule has 0 amide bonds. The molecular weight excluding hydrogens is 317 g/mol. The molecule has 108 valence electrons. The minimum absolute atomic E-state index is 0.0193. The summed E-state index contributed by atoms with van der Waals surface area (Å²) in [4.78, 5) is 10.4. The topological polar surface area (TPSA) is 102 Å². The van der Waals surface area contributed by atoms with Crippen molar-refractivity contribution in [2.24, 2.45) is 5.73 Å². The maximum absolute atomic E-state index is 11.0. The van der Waals surface area contributed by atoms with Crippen molar-refractivity contribution in [1.82, 2.24) is 0 Å². The lowest BCUT2D eigenvalue weighted by Crippen LogP contribution is -2.12. The Morgan fingerprint density at radius 2 is 1.76 bits per heavy atom. The molecule has 0 saturated carbocycles. The Hall–Kier alpha value is -2.31. The van der Waals surface area contributed by atoms with Gasteiger partial charge < -0.3 is 10.5 Å². The second-order valence-corrected chi connectivity index (χ2v) is 4.90. The molecule has 6 nitrogen and oxygen atoms in total. The highest BCUT2D eigenvalue weighted by molar-refractivity contribution is 6.31. The predicted molar refractivity (Wildman–Crippen MR) is 80.6 cm³/mol. The van der Waals surface area contributed by atoms with Crippen molar-refractivity contribution in [2.45, 2.75) is 0 Å². The van der Waals surface area contributed by atoms with Crippen LogP contribution in [0.3, 0.4) is 0 Å². The van der Waals surface area contributed by atoms with Gasteiger partial charge in [-0.1, -0.05) is 23.2 Å². The molecule has 0 unspecified atom stereocenters. The number of ether oxygens (including phenoxy) is 1. The third-order valence-electron chi connectivity index (χ3n) is 2.57. The third-order valence-corrected chi connectivity index (χ3v) is 3.04. The first-order valence-electron chi connectivity index (χ1n) is 5.64. The number of nitrogen functional groups attached to an aromatic ring is 1. The zero-order valence-electron chi connectivity index (χ0n) is 10.5. The van der Waals surface area contributed by atoms with Gasteiger partial charge >= 0.3 is 5.69 Å². The molecule has 3 N–H and O–H groups in total. The van der Waals surface area contributed by atoms with Gasteiger partial charge in [0.2, 0.25) is 5.75 Å². The van der Waals surface area contributed by atoms with E-state index in [9.17, 15) is 10.1 Å². The fourth-order valence-electron chi connectivity index (χ4n) is 1.64. The van der Waals surface area contributed by atoms with E-state index in [0.717, 1.165) is 0 Å². The highest BCUT2D eigenvalue weighted by Crippen LogP contribution is 2.35. The van der Waals surface area contributed by atoms with E-state index in [1.54, 1.807) is 6.07 Å². The lowest BCUT2D eigenvalue weighted by Gasteiger charge is -2.11. The van der Waals surface area contributed by atoms with E-state index in [-0.39, 0.29) is 33.6 Å². The van der Waals surface area contributed by atoms with Crippen LogP contribution >= 0.6 is 23.2 Å². The number of amidine groups is 1. The van der Waals surface area contributed by atoms with Gasteiger partial charge in [-0.25, -0.2) is 0 Å². The summed E-state index contributed by atoms with van der Waals surface area (Å²) in [5, 5.41) is 19.1. The fourth-order valence-corrected chi connectivity index (χ4v) is 1.97. The van der Waals surface area contributed by atoms with Crippen LogP contribution in [-0.2, 0) is 0 Å². The fraction of sp³-hybridized carbons (Fsp3) is 0. The molecule has 0 aliphatic heterocycles. The van der Waals surface area contributed by atoms with Crippen LogP contribution in [0.25, 0.3) is 0 Å². The Morgan fingerprint density at radius 3 is 2.38 bits per heavy atom. The van der Waals surface area contributed by atoms with Gasteiger partial charge in [-0.15, -0.1) is 0 Å². The van der Waals surface area contributed by atoms with Gasteiger partial charge in [-0.05, 0) is 24.3 Å². The quantitative estimate of drug-likeness (QED) is 0.384. The van der Waals surface area contributed by atoms with Crippen molar-refractivity contribution in [2.75, 3.05) is 0 Å². The Balaban J connectivity index is 2.50. The van der Waals surface area contributed by atoms with E-state index >= 15 is 0 Å². The van der Waals surface area contributed by atoms with Crippen molar-refractivity contribution < 1.29 is 9.66 Å². The van der Waals surface area contributed by atoms with Crippen LogP contribution in [0.4, 0.5) is 5.69 Å². The van der Waals surface area contributed by atoms with Gasteiger partial charge in [0.25, 0.3) is 0 Å². The van der Waals surface area contributed by atoms with Crippen LogP contribution in [0.5, 0.6) is 11.5 Å². The molecule has 8 heteroatoms. The zero-order chi connectivity index (χ0) is 15.6. The number of hydrogen-bond donors (Lipinski definition) is 2. The molecule has 2 aromatic rings. The summed E-state index contributed by atoms with van der Waals surface area (Å²) in [7, 11) is 0. The summed E-state index contributed by atoms with van der Waals surface area (Å²) in [5.41, 5.74) is 5.43. The normalized spacial score (nSPS) is 10.2.